The Hall–Kier alpha value is -0.800. The van der Waals surface area contributed by atoms with Gasteiger partial charge in [-0.3, -0.25) is 4.90 Å². The molecule has 2 aliphatic heterocycles. The van der Waals surface area contributed by atoms with Crippen LogP contribution in [0.15, 0.2) is 22.8 Å². The Morgan fingerprint density at radius 1 is 1.33 bits per heavy atom. The van der Waals surface area contributed by atoms with Crippen molar-refractivity contribution in [1.29, 1.82) is 0 Å². The van der Waals surface area contributed by atoms with E-state index in [9.17, 15) is 0 Å². The second kappa shape index (κ2) is 3.65. The van der Waals surface area contributed by atoms with Crippen LogP contribution in [-0.4, -0.2) is 31.1 Å². The van der Waals surface area contributed by atoms with E-state index in [1.54, 1.807) is 6.26 Å². The third-order valence-corrected chi connectivity index (χ3v) is 3.74. The molecule has 3 rings (SSSR count). The molecule has 3 heteroatoms. The second-order valence-electron chi connectivity index (χ2n) is 4.97. The normalized spacial score (nSPS) is 25.3. The number of furan rings is 1. The van der Waals surface area contributed by atoms with Gasteiger partial charge < -0.3 is 9.73 Å². The quantitative estimate of drug-likeness (QED) is 0.794. The van der Waals surface area contributed by atoms with Crippen LogP contribution < -0.4 is 5.32 Å². The molecule has 0 amide bonds. The summed E-state index contributed by atoms with van der Waals surface area (Å²) in [5.74, 6) is 1.10. The van der Waals surface area contributed by atoms with Gasteiger partial charge in [-0.1, -0.05) is 0 Å². The highest BCUT2D eigenvalue weighted by atomic mass is 16.3. The van der Waals surface area contributed by atoms with E-state index in [4.69, 9.17) is 4.42 Å². The first-order valence-corrected chi connectivity index (χ1v) is 5.82. The van der Waals surface area contributed by atoms with Crippen LogP contribution in [0.3, 0.4) is 0 Å². The molecule has 2 aliphatic rings. The zero-order chi connectivity index (χ0) is 10.1. The van der Waals surface area contributed by atoms with Crippen LogP contribution in [0.4, 0.5) is 0 Å². The van der Waals surface area contributed by atoms with Crippen LogP contribution in [0.5, 0.6) is 0 Å². The molecule has 2 fully saturated rings. The highest BCUT2D eigenvalue weighted by Gasteiger charge is 2.43. The molecule has 3 nitrogen and oxygen atoms in total. The van der Waals surface area contributed by atoms with Crippen LogP contribution in [0.1, 0.15) is 18.6 Å². The molecule has 1 spiro atoms. The maximum atomic E-state index is 5.36. The zero-order valence-corrected chi connectivity index (χ0v) is 9.04. The Kier molecular flexibility index (Phi) is 2.29. The Labute approximate surface area is 90.4 Å². The summed E-state index contributed by atoms with van der Waals surface area (Å²) in [7, 11) is 0. The third-order valence-electron chi connectivity index (χ3n) is 3.74. The first kappa shape index (κ1) is 9.43. The van der Waals surface area contributed by atoms with Gasteiger partial charge in [0.1, 0.15) is 5.76 Å². The first-order valence-electron chi connectivity index (χ1n) is 5.82. The average Bonchev–Trinajstić information content (AvgIpc) is 2.70. The van der Waals surface area contributed by atoms with Gasteiger partial charge >= 0.3 is 0 Å². The van der Waals surface area contributed by atoms with Crippen LogP contribution >= 0.6 is 0 Å². The molecule has 0 aliphatic carbocycles. The molecule has 0 atom stereocenters. The van der Waals surface area contributed by atoms with Gasteiger partial charge in [0.15, 0.2) is 0 Å². The molecule has 2 saturated heterocycles. The number of likely N-dealkylation sites (tertiary alicyclic amines) is 1. The number of hydrogen-bond donors (Lipinski definition) is 1. The predicted octanol–water partition coefficient (Wildman–Crippen LogP) is 1.46. The van der Waals surface area contributed by atoms with E-state index < -0.39 is 0 Å². The number of rotatable bonds is 2. The average molecular weight is 206 g/mol. The van der Waals surface area contributed by atoms with Crippen molar-refractivity contribution in [3.8, 4) is 0 Å². The molecule has 0 aromatic carbocycles. The van der Waals surface area contributed by atoms with Gasteiger partial charge in [0.05, 0.1) is 12.8 Å². The lowest BCUT2D eigenvalue weighted by atomic mass is 9.72. The number of piperidine rings is 1. The van der Waals surface area contributed by atoms with Crippen molar-refractivity contribution in [2.75, 3.05) is 26.2 Å². The Bertz CT molecular complexity index is 306. The molecule has 0 radical (unpaired) electrons. The Balaban J connectivity index is 1.53. The van der Waals surface area contributed by atoms with Gasteiger partial charge in [0.2, 0.25) is 0 Å². The Morgan fingerprint density at radius 2 is 2.13 bits per heavy atom. The minimum Gasteiger partial charge on any atom is -0.468 e. The van der Waals surface area contributed by atoms with E-state index in [0.717, 1.165) is 12.3 Å². The lowest BCUT2D eigenvalue weighted by Crippen LogP contribution is -2.59. The van der Waals surface area contributed by atoms with Crippen LogP contribution in [0, 0.1) is 5.41 Å². The third kappa shape index (κ3) is 1.82. The van der Waals surface area contributed by atoms with Crippen molar-refractivity contribution in [3.05, 3.63) is 24.2 Å². The van der Waals surface area contributed by atoms with Gasteiger partial charge in [-0.05, 0) is 43.5 Å². The van der Waals surface area contributed by atoms with E-state index in [1.807, 2.05) is 6.07 Å². The minimum atomic E-state index is 0.637. The van der Waals surface area contributed by atoms with E-state index in [-0.39, 0.29) is 0 Å². The topological polar surface area (TPSA) is 28.4 Å². The fraction of sp³-hybridized carbons (Fsp3) is 0.667. The molecule has 15 heavy (non-hydrogen) atoms. The summed E-state index contributed by atoms with van der Waals surface area (Å²) in [6, 6.07) is 4.03. The Morgan fingerprint density at radius 3 is 2.80 bits per heavy atom. The van der Waals surface area contributed by atoms with Gasteiger partial charge in [-0.15, -0.1) is 0 Å². The maximum Gasteiger partial charge on any atom is 0.117 e. The summed E-state index contributed by atoms with van der Waals surface area (Å²) >= 11 is 0. The van der Waals surface area contributed by atoms with Crippen LogP contribution in [-0.2, 0) is 6.54 Å². The molecule has 1 aromatic heterocycles. The molecule has 1 N–H and O–H groups in total. The zero-order valence-electron chi connectivity index (χ0n) is 9.04. The molecule has 3 heterocycles. The standard InChI is InChI=1S/C12H18N2O/c1-2-11(15-7-1)8-14-9-12(10-14)3-5-13-6-4-12/h1-2,7,13H,3-6,8-10H2. The number of nitrogens with zero attached hydrogens (tertiary/aromatic N) is 1. The largest absolute Gasteiger partial charge is 0.468 e. The van der Waals surface area contributed by atoms with E-state index in [0.29, 0.717) is 5.41 Å². The SMILES string of the molecule is c1coc(CN2CC3(CCNCC3)C2)c1. The smallest absolute Gasteiger partial charge is 0.117 e. The molecule has 1 aromatic rings. The summed E-state index contributed by atoms with van der Waals surface area (Å²) in [6.07, 6.45) is 4.46. The molecular formula is C12H18N2O. The van der Waals surface area contributed by atoms with Crippen molar-refractivity contribution >= 4 is 0 Å². The highest BCUT2D eigenvalue weighted by molar-refractivity contribution is 5.03. The van der Waals surface area contributed by atoms with Crippen molar-refractivity contribution < 1.29 is 4.42 Å². The van der Waals surface area contributed by atoms with Crippen LogP contribution in [0.25, 0.3) is 0 Å². The van der Waals surface area contributed by atoms with Gasteiger partial charge in [-0.25, -0.2) is 0 Å². The van der Waals surface area contributed by atoms with Crippen molar-refractivity contribution in [2.45, 2.75) is 19.4 Å². The predicted molar refractivity (Wildman–Crippen MR) is 58.5 cm³/mol. The number of hydrogen-bond acceptors (Lipinski definition) is 3. The summed E-state index contributed by atoms with van der Waals surface area (Å²) in [5, 5.41) is 3.43. The highest BCUT2D eigenvalue weighted by Crippen LogP contribution is 2.39. The fourth-order valence-electron chi connectivity index (χ4n) is 2.91. The lowest BCUT2D eigenvalue weighted by molar-refractivity contribution is -0.0316. The van der Waals surface area contributed by atoms with E-state index >= 15 is 0 Å². The first-order chi connectivity index (χ1) is 7.36. The fourth-order valence-corrected chi connectivity index (χ4v) is 2.91. The van der Waals surface area contributed by atoms with E-state index in [2.05, 4.69) is 16.3 Å². The molecule has 82 valence electrons. The summed E-state index contributed by atoms with van der Waals surface area (Å²) < 4.78 is 5.36. The maximum absolute atomic E-state index is 5.36. The molecular weight excluding hydrogens is 188 g/mol. The van der Waals surface area contributed by atoms with Crippen LogP contribution in [0.2, 0.25) is 0 Å². The monoisotopic (exact) mass is 206 g/mol. The lowest BCUT2D eigenvalue weighted by Gasteiger charge is -2.52. The van der Waals surface area contributed by atoms with Gasteiger partial charge in [-0.2, -0.15) is 0 Å². The van der Waals surface area contributed by atoms with Crippen molar-refractivity contribution in [2.24, 2.45) is 5.41 Å². The summed E-state index contributed by atoms with van der Waals surface area (Å²) in [4.78, 5) is 2.49. The van der Waals surface area contributed by atoms with E-state index in [1.165, 1.54) is 39.0 Å². The summed E-state index contributed by atoms with van der Waals surface area (Å²) in [6.45, 7) is 5.91. The molecule has 0 unspecified atom stereocenters. The molecule has 0 saturated carbocycles. The van der Waals surface area contributed by atoms with Gasteiger partial charge in [0, 0.05) is 13.1 Å². The molecule has 0 bridgehead atoms. The van der Waals surface area contributed by atoms with Crippen molar-refractivity contribution in [1.82, 2.24) is 10.2 Å². The second-order valence-corrected chi connectivity index (χ2v) is 4.97. The minimum absolute atomic E-state index is 0.637. The van der Waals surface area contributed by atoms with Crippen molar-refractivity contribution in [3.63, 3.8) is 0 Å². The van der Waals surface area contributed by atoms with Gasteiger partial charge in [0.25, 0.3) is 0 Å². The summed E-state index contributed by atoms with van der Waals surface area (Å²) in [5.41, 5.74) is 0.637. The number of nitrogens with one attached hydrogen (secondary N) is 1.